The van der Waals surface area contributed by atoms with Crippen LogP contribution in [0, 0.1) is 0 Å². The maximum atomic E-state index is 11.9. The van der Waals surface area contributed by atoms with Crippen molar-refractivity contribution in [2.45, 2.75) is 12.5 Å². The fourth-order valence-corrected chi connectivity index (χ4v) is 2.20. The molecule has 0 aliphatic carbocycles. The lowest BCUT2D eigenvalue weighted by atomic mass is 10.1. The quantitative estimate of drug-likeness (QED) is 0.528. The van der Waals surface area contributed by atoms with E-state index in [1.807, 2.05) is 0 Å². The number of aliphatic carboxylic acids is 1. The summed E-state index contributed by atoms with van der Waals surface area (Å²) >= 11 is 0. The van der Waals surface area contributed by atoms with Crippen molar-refractivity contribution in [2.75, 3.05) is 12.0 Å². The van der Waals surface area contributed by atoms with E-state index in [0.29, 0.717) is 0 Å². The van der Waals surface area contributed by atoms with Crippen LogP contribution in [0.25, 0.3) is 0 Å². The maximum Gasteiger partial charge on any atom is 0.326 e. The van der Waals surface area contributed by atoms with Crippen molar-refractivity contribution in [3.63, 3.8) is 0 Å². The van der Waals surface area contributed by atoms with E-state index in [1.54, 1.807) is 0 Å². The summed E-state index contributed by atoms with van der Waals surface area (Å²) in [5, 5.41) is 29.8. The highest BCUT2D eigenvalue weighted by Gasteiger charge is 2.23. The van der Waals surface area contributed by atoms with E-state index >= 15 is 0 Å². The van der Waals surface area contributed by atoms with Gasteiger partial charge in [-0.05, 0) is 24.6 Å². The topological polar surface area (TPSA) is 141 Å². The molecule has 0 bridgehead atoms. The van der Waals surface area contributed by atoms with E-state index in [1.165, 1.54) is 0 Å². The number of rotatable bonds is 6. The predicted octanol–water partition coefficient (Wildman–Crippen LogP) is -0.285. The van der Waals surface area contributed by atoms with Crippen LogP contribution in [-0.2, 0) is 14.6 Å². The normalized spacial score (nSPS) is 12.6. The van der Waals surface area contributed by atoms with Crippen molar-refractivity contribution in [3.8, 4) is 11.5 Å². The lowest BCUT2D eigenvalue weighted by molar-refractivity contribution is -0.139. The number of sulfone groups is 1. The number of nitrogens with one attached hydrogen (secondary N) is 1. The zero-order valence-corrected chi connectivity index (χ0v) is 11.9. The average Bonchev–Trinajstić information content (AvgIpc) is 2.35. The summed E-state index contributed by atoms with van der Waals surface area (Å²) in [4.78, 5) is 22.9. The molecule has 1 atom stereocenters. The van der Waals surface area contributed by atoms with Crippen LogP contribution >= 0.6 is 0 Å². The molecular formula is C12H15NO7S. The second-order valence-corrected chi connectivity index (χ2v) is 6.74. The minimum Gasteiger partial charge on any atom is -0.508 e. The van der Waals surface area contributed by atoms with Crippen molar-refractivity contribution < 1.29 is 33.3 Å². The van der Waals surface area contributed by atoms with E-state index in [9.17, 15) is 28.2 Å². The smallest absolute Gasteiger partial charge is 0.326 e. The molecule has 0 fully saturated rings. The summed E-state index contributed by atoms with van der Waals surface area (Å²) in [6.45, 7) is 0. The van der Waals surface area contributed by atoms with Crippen molar-refractivity contribution in [2.24, 2.45) is 0 Å². The Balaban J connectivity index is 2.86. The fourth-order valence-electron chi connectivity index (χ4n) is 1.53. The Morgan fingerprint density at radius 3 is 2.43 bits per heavy atom. The van der Waals surface area contributed by atoms with Crippen molar-refractivity contribution in [1.29, 1.82) is 0 Å². The Hall–Kier alpha value is -2.29. The van der Waals surface area contributed by atoms with Gasteiger partial charge in [0.1, 0.15) is 27.4 Å². The van der Waals surface area contributed by atoms with E-state index in [0.717, 1.165) is 24.5 Å². The fraction of sp³-hybridized carbons (Fsp3) is 0.333. The molecule has 0 spiro atoms. The lowest BCUT2D eigenvalue weighted by Crippen LogP contribution is -2.41. The lowest BCUT2D eigenvalue weighted by Gasteiger charge is -2.14. The van der Waals surface area contributed by atoms with Gasteiger partial charge in [-0.1, -0.05) is 0 Å². The van der Waals surface area contributed by atoms with Crippen molar-refractivity contribution >= 4 is 21.7 Å². The average molecular weight is 317 g/mol. The highest BCUT2D eigenvalue weighted by Crippen LogP contribution is 2.22. The third-order valence-electron chi connectivity index (χ3n) is 2.61. The molecule has 116 valence electrons. The van der Waals surface area contributed by atoms with Gasteiger partial charge >= 0.3 is 5.97 Å². The SMILES string of the molecule is CS(=O)(=O)CCC(NC(=O)c1cc(O)ccc1O)C(=O)O. The Bertz CT molecular complexity index is 654. The maximum absolute atomic E-state index is 11.9. The van der Waals surface area contributed by atoms with Crippen LogP contribution in [-0.4, -0.2) is 53.7 Å². The minimum absolute atomic E-state index is 0.277. The molecule has 9 heteroatoms. The number of benzene rings is 1. The minimum atomic E-state index is -3.37. The summed E-state index contributed by atoms with van der Waals surface area (Å²) in [7, 11) is -3.37. The van der Waals surface area contributed by atoms with E-state index in [2.05, 4.69) is 5.32 Å². The Morgan fingerprint density at radius 2 is 1.90 bits per heavy atom. The molecule has 0 aliphatic rings. The van der Waals surface area contributed by atoms with Gasteiger partial charge in [0.2, 0.25) is 0 Å². The zero-order chi connectivity index (χ0) is 16.2. The molecule has 0 aliphatic heterocycles. The first-order valence-corrected chi connectivity index (χ1v) is 7.89. The van der Waals surface area contributed by atoms with Gasteiger partial charge in [-0.15, -0.1) is 0 Å². The van der Waals surface area contributed by atoms with E-state index in [-0.39, 0.29) is 17.7 Å². The van der Waals surface area contributed by atoms with Crippen LogP contribution in [0.15, 0.2) is 18.2 Å². The van der Waals surface area contributed by atoms with Gasteiger partial charge < -0.3 is 20.6 Å². The highest BCUT2D eigenvalue weighted by atomic mass is 32.2. The number of carboxylic acid groups (broad SMARTS) is 1. The molecule has 1 rings (SSSR count). The number of amides is 1. The predicted molar refractivity (Wildman–Crippen MR) is 73.0 cm³/mol. The molecule has 1 aromatic rings. The first-order chi connectivity index (χ1) is 9.60. The Morgan fingerprint density at radius 1 is 1.29 bits per heavy atom. The molecule has 0 radical (unpaired) electrons. The van der Waals surface area contributed by atoms with Gasteiger partial charge in [0.15, 0.2) is 0 Å². The molecule has 0 saturated carbocycles. The number of hydrogen-bond acceptors (Lipinski definition) is 6. The van der Waals surface area contributed by atoms with Crippen LogP contribution in [0.1, 0.15) is 16.8 Å². The third-order valence-corrected chi connectivity index (χ3v) is 3.58. The molecule has 1 aromatic carbocycles. The monoisotopic (exact) mass is 317 g/mol. The largest absolute Gasteiger partial charge is 0.508 e. The standard InChI is InChI=1S/C12H15NO7S/c1-21(19,20)5-4-9(12(17)18)13-11(16)8-6-7(14)2-3-10(8)15/h2-3,6,9,14-15H,4-5H2,1H3,(H,13,16)(H,17,18). The summed E-state index contributed by atoms with van der Waals surface area (Å²) in [6, 6.07) is 1.79. The van der Waals surface area contributed by atoms with Gasteiger partial charge in [-0.25, -0.2) is 13.2 Å². The molecule has 8 nitrogen and oxygen atoms in total. The molecule has 1 unspecified atom stereocenters. The molecule has 0 saturated heterocycles. The first kappa shape index (κ1) is 16.8. The molecular weight excluding hydrogens is 302 g/mol. The van der Waals surface area contributed by atoms with Gasteiger partial charge in [0, 0.05) is 6.26 Å². The van der Waals surface area contributed by atoms with E-state index in [4.69, 9.17) is 5.11 Å². The van der Waals surface area contributed by atoms with Gasteiger partial charge in [0.05, 0.1) is 11.3 Å². The molecule has 4 N–H and O–H groups in total. The second-order valence-electron chi connectivity index (χ2n) is 4.48. The number of carboxylic acids is 1. The Kier molecular flexibility index (Phi) is 5.14. The summed E-state index contributed by atoms with van der Waals surface area (Å²) < 4.78 is 22.1. The van der Waals surface area contributed by atoms with Gasteiger partial charge in [-0.3, -0.25) is 4.79 Å². The van der Waals surface area contributed by atoms with Crippen LogP contribution < -0.4 is 5.32 Å². The number of phenols is 2. The highest BCUT2D eigenvalue weighted by molar-refractivity contribution is 7.90. The molecule has 21 heavy (non-hydrogen) atoms. The zero-order valence-electron chi connectivity index (χ0n) is 11.1. The third kappa shape index (κ3) is 5.30. The second kappa shape index (κ2) is 6.44. The van der Waals surface area contributed by atoms with Crippen LogP contribution in [0.2, 0.25) is 0 Å². The van der Waals surface area contributed by atoms with Crippen LogP contribution in [0.5, 0.6) is 11.5 Å². The van der Waals surface area contributed by atoms with E-state index < -0.39 is 39.3 Å². The number of carbonyl (C=O) groups is 2. The summed E-state index contributed by atoms with van der Waals surface area (Å²) in [5.74, 6) is -3.44. The van der Waals surface area contributed by atoms with Gasteiger partial charge in [0.25, 0.3) is 5.91 Å². The summed E-state index contributed by atoms with van der Waals surface area (Å²) in [6.07, 6.45) is 0.647. The summed E-state index contributed by atoms with van der Waals surface area (Å²) in [5.41, 5.74) is -0.305. The number of carbonyl (C=O) groups excluding carboxylic acids is 1. The van der Waals surface area contributed by atoms with Gasteiger partial charge in [-0.2, -0.15) is 0 Å². The molecule has 0 aromatic heterocycles. The molecule has 1 amide bonds. The number of aromatic hydroxyl groups is 2. The Labute approximate surface area is 121 Å². The molecule has 0 heterocycles. The van der Waals surface area contributed by atoms with Crippen LogP contribution in [0.4, 0.5) is 0 Å². The van der Waals surface area contributed by atoms with Crippen molar-refractivity contribution in [1.82, 2.24) is 5.32 Å². The number of phenolic OH excluding ortho intramolecular Hbond substituents is 2. The van der Waals surface area contributed by atoms with Crippen LogP contribution in [0.3, 0.4) is 0 Å². The van der Waals surface area contributed by atoms with Crippen molar-refractivity contribution in [3.05, 3.63) is 23.8 Å². The number of hydrogen-bond donors (Lipinski definition) is 4. The first-order valence-electron chi connectivity index (χ1n) is 5.83.